The van der Waals surface area contributed by atoms with Crippen LogP contribution in [0.1, 0.15) is 25.2 Å². The van der Waals surface area contributed by atoms with Crippen LogP contribution in [0, 0.1) is 13.8 Å². The van der Waals surface area contributed by atoms with Crippen molar-refractivity contribution in [2.75, 3.05) is 18.0 Å². The van der Waals surface area contributed by atoms with Gasteiger partial charge in [-0.2, -0.15) is 0 Å². The minimum Gasteiger partial charge on any atom is -0.461 e. The SMILES string of the molecule is CCN(CC)c1ccc(-c2c(C)oc3ccccc23)c(C)c1. The summed E-state index contributed by atoms with van der Waals surface area (Å²) in [6.07, 6.45) is 0. The lowest BCUT2D eigenvalue weighted by Gasteiger charge is -2.22. The highest BCUT2D eigenvalue weighted by atomic mass is 16.3. The molecule has 0 fully saturated rings. The molecule has 2 aromatic carbocycles. The van der Waals surface area contributed by atoms with E-state index >= 15 is 0 Å². The van der Waals surface area contributed by atoms with Crippen LogP contribution in [-0.2, 0) is 0 Å². The van der Waals surface area contributed by atoms with E-state index < -0.39 is 0 Å². The Morgan fingerprint density at radius 3 is 2.36 bits per heavy atom. The number of anilines is 1. The van der Waals surface area contributed by atoms with Crippen molar-refractivity contribution in [2.24, 2.45) is 0 Å². The third-order valence-corrected chi connectivity index (χ3v) is 4.38. The third kappa shape index (κ3) is 2.39. The molecule has 1 aromatic heterocycles. The maximum Gasteiger partial charge on any atom is 0.134 e. The summed E-state index contributed by atoms with van der Waals surface area (Å²) in [6, 6.07) is 15.0. The van der Waals surface area contributed by atoms with Crippen molar-refractivity contribution >= 4 is 16.7 Å². The number of hydrogen-bond donors (Lipinski definition) is 0. The minimum absolute atomic E-state index is 0.960. The number of para-hydroxylation sites is 1. The Kier molecular flexibility index (Phi) is 3.93. The van der Waals surface area contributed by atoms with E-state index in [-0.39, 0.29) is 0 Å². The molecule has 3 aromatic rings. The molecular formula is C20H23NO. The van der Waals surface area contributed by atoms with Crippen LogP contribution in [0.4, 0.5) is 5.69 Å². The van der Waals surface area contributed by atoms with Gasteiger partial charge in [0.15, 0.2) is 0 Å². The van der Waals surface area contributed by atoms with Crippen molar-refractivity contribution in [1.29, 1.82) is 0 Å². The lowest BCUT2D eigenvalue weighted by atomic mass is 9.97. The summed E-state index contributed by atoms with van der Waals surface area (Å²) in [5, 5.41) is 1.19. The predicted molar refractivity (Wildman–Crippen MR) is 94.7 cm³/mol. The molecule has 3 rings (SSSR count). The average molecular weight is 293 g/mol. The van der Waals surface area contributed by atoms with Gasteiger partial charge in [-0.3, -0.25) is 0 Å². The number of furan rings is 1. The Hall–Kier alpha value is -2.22. The Morgan fingerprint density at radius 1 is 0.955 bits per heavy atom. The molecule has 0 spiro atoms. The summed E-state index contributed by atoms with van der Waals surface area (Å²) in [5.74, 6) is 0.986. The third-order valence-electron chi connectivity index (χ3n) is 4.38. The zero-order valence-electron chi connectivity index (χ0n) is 13.8. The van der Waals surface area contributed by atoms with Gasteiger partial charge in [0.1, 0.15) is 11.3 Å². The number of fused-ring (bicyclic) bond motifs is 1. The zero-order chi connectivity index (χ0) is 15.7. The summed E-state index contributed by atoms with van der Waals surface area (Å²) in [4.78, 5) is 2.37. The molecule has 0 atom stereocenters. The summed E-state index contributed by atoms with van der Waals surface area (Å²) >= 11 is 0. The van der Waals surface area contributed by atoms with Gasteiger partial charge in [0, 0.05) is 29.7 Å². The van der Waals surface area contributed by atoms with Crippen molar-refractivity contribution in [1.82, 2.24) is 0 Å². The van der Waals surface area contributed by atoms with Crippen LogP contribution in [0.25, 0.3) is 22.1 Å². The van der Waals surface area contributed by atoms with Crippen molar-refractivity contribution in [3.05, 3.63) is 53.8 Å². The van der Waals surface area contributed by atoms with E-state index in [1.165, 1.54) is 27.8 Å². The van der Waals surface area contributed by atoms with Crippen LogP contribution in [-0.4, -0.2) is 13.1 Å². The van der Waals surface area contributed by atoms with E-state index in [1.807, 2.05) is 19.1 Å². The Morgan fingerprint density at radius 2 is 1.68 bits per heavy atom. The molecule has 0 bridgehead atoms. The van der Waals surface area contributed by atoms with Crippen molar-refractivity contribution in [3.63, 3.8) is 0 Å². The fourth-order valence-electron chi connectivity index (χ4n) is 3.22. The highest BCUT2D eigenvalue weighted by Crippen LogP contribution is 2.37. The molecule has 0 radical (unpaired) electrons. The first-order valence-corrected chi connectivity index (χ1v) is 7.99. The van der Waals surface area contributed by atoms with Gasteiger partial charge in [0.25, 0.3) is 0 Å². The Bertz CT molecular complexity index is 797. The lowest BCUT2D eigenvalue weighted by molar-refractivity contribution is 0.580. The normalized spacial score (nSPS) is 11.1. The second-order valence-electron chi connectivity index (χ2n) is 5.70. The van der Waals surface area contributed by atoms with Crippen LogP contribution in [0.3, 0.4) is 0 Å². The molecule has 2 heteroatoms. The molecule has 114 valence electrons. The van der Waals surface area contributed by atoms with Crippen LogP contribution in [0.5, 0.6) is 0 Å². The first-order valence-electron chi connectivity index (χ1n) is 7.99. The topological polar surface area (TPSA) is 16.4 Å². The van der Waals surface area contributed by atoms with E-state index in [2.05, 4.69) is 56.0 Å². The van der Waals surface area contributed by atoms with Gasteiger partial charge >= 0.3 is 0 Å². The molecular weight excluding hydrogens is 270 g/mol. The van der Waals surface area contributed by atoms with Crippen molar-refractivity contribution in [2.45, 2.75) is 27.7 Å². The summed E-state index contributed by atoms with van der Waals surface area (Å²) < 4.78 is 5.92. The van der Waals surface area contributed by atoms with Crippen LogP contribution >= 0.6 is 0 Å². The predicted octanol–water partition coefficient (Wildman–Crippen LogP) is 5.56. The molecule has 0 N–H and O–H groups in total. The Labute approximate surface area is 132 Å². The quantitative estimate of drug-likeness (QED) is 0.626. The number of rotatable bonds is 4. The maximum atomic E-state index is 5.92. The van der Waals surface area contributed by atoms with E-state index in [0.717, 1.165) is 24.4 Å². The minimum atomic E-state index is 0.960. The molecule has 0 unspecified atom stereocenters. The van der Waals surface area contributed by atoms with Crippen LogP contribution in [0.15, 0.2) is 46.9 Å². The molecule has 0 saturated carbocycles. The first-order chi connectivity index (χ1) is 10.7. The van der Waals surface area contributed by atoms with E-state index in [0.29, 0.717) is 0 Å². The highest BCUT2D eigenvalue weighted by molar-refractivity contribution is 5.96. The number of nitrogens with zero attached hydrogens (tertiary/aromatic N) is 1. The zero-order valence-corrected chi connectivity index (χ0v) is 13.8. The molecule has 0 aliphatic rings. The van der Waals surface area contributed by atoms with Gasteiger partial charge < -0.3 is 9.32 Å². The van der Waals surface area contributed by atoms with Crippen molar-refractivity contribution in [3.8, 4) is 11.1 Å². The van der Waals surface area contributed by atoms with E-state index in [9.17, 15) is 0 Å². The fraction of sp³-hybridized carbons (Fsp3) is 0.300. The van der Waals surface area contributed by atoms with Gasteiger partial charge in [-0.25, -0.2) is 0 Å². The van der Waals surface area contributed by atoms with E-state index in [1.54, 1.807) is 0 Å². The van der Waals surface area contributed by atoms with Crippen LogP contribution < -0.4 is 4.90 Å². The molecule has 0 aliphatic carbocycles. The summed E-state index contributed by atoms with van der Waals surface area (Å²) in [7, 11) is 0. The van der Waals surface area contributed by atoms with Crippen molar-refractivity contribution < 1.29 is 4.42 Å². The van der Waals surface area contributed by atoms with Gasteiger partial charge in [0.05, 0.1) is 0 Å². The maximum absolute atomic E-state index is 5.92. The van der Waals surface area contributed by atoms with E-state index in [4.69, 9.17) is 4.42 Å². The highest BCUT2D eigenvalue weighted by Gasteiger charge is 2.15. The first kappa shape index (κ1) is 14.7. The Balaban J connectivity index is 2.13. The number of aryl methyl sites for hydroxylation is 2. The molecule has 0 amide bonds. The average Bonchev–Trinajstić information content (AvgIpc) is 2.85. The van der Waals surface area contributed by atoms with Gasteiger partial charge in [-0.1, -0.05) is 24.3 Å². The van der Waals surface area contributed by atoms with Gasteiger partial charge in [-0.15, -0.1) is 0 Å². The fourth-order valence-corrected chi connectivity index (χ4v) is 3.22. The summed E-state index contributed by atoms with van der Waals surface area (Å²) in [5.41, 5.74) is 6.02. The summed E-state index contributed by atoms with van der Waals surface area (Å²) in [6.45, 7) is 10.7. The van der Waals surface area contributed by atoms with Crippen LogP contribution in [0.2, 0.25) is 0 Å². The number of hydrogen-bond acceptors (Lipinski definition) is 2. The molecule has 22 heavy (non-hydrogen) atoms. The smallest absolute Gasteiger partial charge is 0.134 e. The monoisotopic (exact) mass is 293 g/mol. The molecule has 0 aliphatic heterocycles. The second-order valence-corrected chi connectivity index (χ2v) is 5.70. The molecule has 2 nitrogen and oxygen atoms in total. The molecule has 1 heterocycles. The van der Waals surface area contributed by atoms with Gasteiger partial charge in [0.2, 0.25) is 0 Å². The number of benzene rings is 2. The standard InChI is InChI=1S/C20H23NO/c1-5-21(6-2)16-11-12-17(14(3)13-16)20-15(4)22-19-10-8-7-9-18(19)20/h7-13H,5-6H2,1-4H3. The lowest BCUT2D eigenvalue weighted by Crippen LogP contribution is -2.21. The second kappa shape index (κ2) is 5.88. The largest absolute Gasteiger partial charge is 0.461 e. The molecule has 0 saturated heterocycles. The van der Waals surface area contributed by atoms with Gasteiger partial charge in [-0.05, 0) is 57.0 Å².